The van der Waals surface area contributed by atoms with Gasteiger partial charge in [0, 0.05) is 45.1 Å². The van der Waals surface area contributed by atoms with Gasteiger partial charge in [0.05, 0.1) is 66.0 Å². The number of nitrogens with zero attached hydrogens (tertiary/aromatic N) is 3. The van der Waals surface area contributed by atoms with Crippen LogP contribution in [0.3, 0.4) is 0 Å². The van der Waals surface area contributed by atoms with Crippen molar-refractivity contribution >= 4 is 17.1 Å². The Hall–Kier alpha value is -3.14. The second-order valence-corrected chi connectivity index (χ2v) is 7.01. The molecule has 0 saturated heterocycles. The lowest BCUT2D eigenvalue weighted by molar-refractivity contribution is -0.384. The van der Waals surface area contributed by atoms with Gasteiger partial charge in [-0.1, -0.05) is 0 Å². The van der Waals surface area contributed by atoms with Gasteiger partial charge in [0.2, 0.25) is 0 Å². The van der Waals surface area contributed by atoms with Crippen molar-refractivity contribution in [1.29, 1.82) is 5.53 Å². The van der Waals surface area contributed by atoms with Crippen molar-refractivity contribution in [3.8, 4) is 0 Å². The lowest BCUT2D eigenvalue weighted by Crippen LogP contribution is -2.31. The Kier molecular flexibility index (Phi) is 11.7. The number of hydrogen-bond donors (Lipinski definition) is 1. The predicted molar refractivity (Wildman–Crippen MR) is 123 cm³/mol. The molecule has 0 aliphatic heterocycles. The summed E-state index contributed by atoms with van der Waals surface area (Å²) in [6, 6.07) is 13.7. The maximum absolute atomic E-state index is 10.9. The van der Waals surface area contributed by atoms with E-state index >= 15 is 0 Å². The largest absolute Gasteiger partial charge is 0.382 e. The van der Waals surface area contributed by atoms with Crippen LogP contribution < -0.4 is 4.90 Å². The molecular formula is C23H31N4O6+. The van der Waals surface area contributed by atoms with Gasteiger partial charge in [0.25, 0.3) is 5.69 Å². The Labute approximate surface area is 193 Å². The minimum atomic E-state index is -0.456. The first-order valence-electron chi connectivity index (χ1n) is 10.6. The molecule has 0 unspecified atom stereocenters. The maximum Gasteiger partial charge on any atom is 0.379 e. The highest BCUT2D eigenvalue weighted by Crippen LogP contribution is 2.19. The van der Waals surface area contributed by atoms with E-state index in [1.807, 2.05) is 24.3 Å². The van der Waals surface area contributed by atoms with Crippen LogP contribution in [-0.4, -0.2) is 82.4 Å². The maximum atomic E-state index is 10.9. The average Bonchev–Trinajstić information content (AvgIpc) is 2.84. The first kappa shape index (κ1) is 26.1. The molecule has 0 aliphatic carbocycles. The third kappa shape index (κ3) is 8.72. The van der Waals surface area contributed by atoms with Gasteiger partial charge in [0.15, 0.2) is 0 Å². The Morgan fingerprint density at radius 3 is 1.76 bits per heavy atom. The monoisotopic (exact) mass is 459 g/mol. The standard InChI is InChI=1S/C23H31N4O6/c1-30-15-17-32-13-11-26(12-14-33-18-16-31-2)21-7-3-19(4-8-21)23(25-24)20-5-9-22(10-6-20)27(28)29/h3-10,24H,11-18H2,1-2H3/q+1. The van der Waals surface area contributed by atoms with E-state index in [1.54, 1.807) is 26.4 Å². The fraction of sp³-hybridized carbons (Fsp3) is 0.435. The molecule has 1 N–H and O–H groups in total. The molecule has 0 fully saturated rings. The van der Waals surface area contributed by atoms with Gasteiger partial charge in [-0.2, -0.15) is 0 Å². The normalized spacial score (nSPS) is 10.6. The molecule has 0 saturated carbocycles. The minimum Gasteiger partial charge on any atom is -0.382 e. The number of rotatable bonds is 16. The molecule has 33 heavy (non-hydrogen) atoms. The van der Waals surface area contributed by atoms with Crippen LogP contribution in [0.1, 0.15) is 11.1 Å². The SMILES string of the molecule is COCCOCCN(CCOCCOC)c1ccc(C(=[N+]=N)c2ccc([N+](=O)[O-])cc2)cc1. The van der Waals surface area contributed by atoms with Crippen LogP contribution in [0.25, 0.3) is 0 Å². The van der Waals surface area contributed by atoms with Crippen molar-refractivity contribution in [3.05, 3.63) is 69.8 Å². The summed E-state index contributed by atoms with van der Waals surface area (Å²) in [5.74, 6) is 0. The van der Waals surface area contributed by atoms with E-state index < -0.39 is 4.92 Å². The molecule has 0 radical (unpaired) electrons. The number of nitro groups is 1. The second-order valence-electron chi connectivity index (χ2n) is 7.01. The smallest absolute Gasteiger partial charge is 0.379 e. The average molecular weight is 460 g/mol. The highest BCUT2D eigenvalue weighted by molar-refractivity contribution is 6.09. The van der Waals surface area contributed by atoms with Crippen LogP contribution >= 0.6 is 0 Å². The first-order valence-corrected chi connectivity index (χ1v) is 10.6. The topological polar surface area (TPSA) is 121 Å². The zero-order valence-corrected chi connectivity index (χ0v) is 19.1. The summed E-state index contributed by atoms with van der Waals surface area (Å²) in [4.78, 5) is 16.2. The Morgan fingerprint density at radius 1 is 0.848 bits per heavy atom. The summed E-state index contributed by atoms with van der Waals surface area (Å²) in [5.41, 5.74) is 10.4. The molecule has 0 amide bonds. The van der Waals surface area contributed by atoms with Gasteiger partial charge in [-0.15, -0.1) is 0 Å². The fourth-order valence-electron chi connectivity index (χ4n) is 3.08. The zero-order valence-electron chi connectivity index (χ0n) is 19.1. The molecule has 0 atom stereocenters. The van der Waals surface area contributed by atoms with Gasteiger partial charge in [0.1, 0.15) is 0 Å². The third-order valence-electron chi connectivity index (χ3n) is 4.84. The van der Waals surface area contributed by atoms with Crippen molar-refractivity contribution < 1.29 is 28.7 Å². The van der Waals surface area contributed by atoms with E-state index in [1.165, 1.54) is 12.1 Å². The summed E-state index contributed by atoms with van der Waals surface area (Å²) in [7, 11) is 3.28. The number of methoxy groups -OCH3 is 2. The number of non-ortho nitro benzene ring substituents is 1. The Balaban J connectivity index is 2.09. The van der Waals surface area contributed by atoms with Crippen LogP contribution in [0.2, 0.25) is 0 Å². The highest BCUT2D eigenvalue weighted by atomic mass is 16.6. The molecule has 178 valence electrons. The summed E-state index contributed by atoms with van der Waals surface area (Å²) in [5, 5.41) is 10.9. The quantitative estimate of drug-likeness (QED) is 0.102. The number of nitrogens with one attached hydrogen (secondary N) is 1. The van der Waals surface area contributed by atoms with Crippen LogP contribution in [0.15, 0.2) is 48.5 Å². The van der Waals surface area contributed by atoms with E-state index in [0.717, 1.165) is 11.3 Å². The first-order chi connectivity index (χ1) is 16.1. The Morgan fingerprint density at radius 2 is 1.33 bits per heavy atom. The summed E-state index contributed by atoms with van der Waals surface area (Å²) >= 11 is 0. The minimum absolute atomic E-state index is 0.00509. The number of ether oxygens (including phenoxy) is 4. The van der Waals surface area contributed by atoms with E-state index in [9.17, 15) is 10.1 Å². The molecule has 0 spiro atoms. The van der Waals surface area contributed by atoms with E-state index in [-0.39, 0.29) is 5.69 Å². The van der Waals surface area contributed by atoms with Crippen LogP contribution in [0.4, 0.5) is 11.4 Å². The molecule has 2 aromatic rings. The van der Waals surface area contributed by atoms with Crippen molar-refractivity contribution in [2.45, 2.75) is 0 Å². The Bertz CT molecular complexity index is 884. The predicted octanol–water partition coefficient (Wildman–Crippen LogP) is 2.80. The molecule has 0 aliphatic rings. The van der Waals surface area contributed by atoms with E-state index in [0.29, 0.717) is 64.0 Å². The molecule has 0 aromatic heterocycles. The van der Waals surface area contributed by atoms with Gasteiger partial charge >= 0.3 is 5.71 Å². The van der Waals surface area contributed by atoms with Crippen LogP contribution in [-0.2, 0) is 18.9 Å². The summed E-state index contributed by atoms with van der Waals surface area (Å²) in [6.07, 6.45) is 0. The lowest BCUT2D eigenvalue weighted by Gasteiger charge is -2.25. The molecule has 0 heterocycles. The van der Waals surface area contributed by atoms with Crippen molar-refractivity contribution in [2.75, 3.05) is 71.9 Å². The molecule has 10 heteroatoms. The highest BCUT2D eigenvalue weighted by Gasteiger charge is 2.20. The summed E-state index contributed by atoms with van der Waals surface area (Å²) in [6.45, 7) is 4.62. The summed E-state index contributed by atoms with van der Waals surface area (Å²) < 4.78 is 21.2. The molecular weight excluding hydrogens is 428 g/mol. The third-order valence-corrected chi connectivity index (χ3v) is 4.84. The zero-order chi connectivity index (χ0) is 23.9. The fourth-order valence-corrected chi connectivity index (χ4v) is 3.08. The van der Waals surface area contributed by atoms with Gasteiger partial charge < -0.3 is 23.8 Å². The molecule has 2 rings (SSSR count). The number of anilines is 1. The van der Waals surface area contributed by atoms with Gasteiger partial charge in [-0.25, -0.2) is 0 Å². The number of benzene rings is 2. The number of hydrogen-bond acceptors (Lipinski definition) is 8. The van der Waals surface area contributed by atoms with E-state index in [2.05, 4.69) is 9.69 Å². The molecule has 10 nitrogen and oxygen atoms in total. The van der Waals surface area contributed by atoms with Crippen LogP contribution in [0, 0.1) is 15.6 Å². The molecule has 0 bridgehead atoms. The van der Waals surface area contributed by atoms with Crippen molar-refractivity contribution in [3.63, 3.8) is 0 Å². The lowest BCUT2D eigenvalue weighted by atomic mass is 10.0. The van der Waals surface area contributed by atoms with Crippen molar-refractivity contribution in [2.24, 2.45) is 0 Å². The van der Waals surface area contributed by atoms with Crippen molar-refractivity contribution in [1.82, 2.24) is 0 Å². The van der Waals surface area contributed by atoms with Gasteiger partial charge in [-0.3, -0.25) is 10.1 Å². The van der Waals surface area contributed by atoms with E-state index in [4.69, 9.17) is 24.5 Å². The molecule has 2 aromatic carbocycles. The van der Waals surface area contributed by atoms with Crippen LogP contribution in [0.5, 0.6) is 0 Å². The van der Waals surface area contributed by atoms with Gasteiger partial charge in [-0.05, 0) is 36.4 Å². The number of nitro benzene ring substituents is 1. The second kappa shape index (κ2) is 14.8.